The molecule has 0 aliphatic heterocycles. The van der Waals surface area contributed by atoms with E-state index in [0.717, 1.165) is 13.0 Å². The number of unbranched alkanes of at least 4 members (excludes halogenated alkanes) is 15. The standard InChI is InChI=1S/C26H47N3O2S/c1-4-6-7-8-9-10-11-12-13-14-15-16-17-18-19-20-21-27-24-23(25(30)31-5-2)22-28-26(29-24)32-3/h22H,4-21H2,1-3H3,(H,27,28,29). The Hall–Kier alpha value is -1.30. The van der Waals surface area contributed by atoms with Gasteiger partial charge in [-0.3, -0.25) is 0 Å². The normalized spacial score (nSPS) is 11.0. The predicted octanol–water partition coefficient (Wildman–Crippen LogP) is 8.05. The number of carbonyl (C=O) groups excluding carboxylic acids is 1. The minimum absolute atomic E-state index is 0.349. The smallest absolute Gasteiger partial charge is 0.343 e. The highest BCUT2D eigenvalue weighted by atomic mass is 32.2. The maximum Gasteiger partial charge on any atom is 0.343 e. The van der Waals surface area contributed by atoms with Gasteiger partial charge in [-0.05, 0) is 19.6 Å². The molecule has 0 amide bonds. The van der Waals surface area contributed by atoms with E-state index >= 15 is 0 Å². The fraction of sp³-hybridized carbons (Fsp3) is 0.808. The van der Waals surface area contributed by atoms with E-state index in [2.05, 4.69) is 22.2 Å². The lowest BCUT2D eigenvalue weighted by atomic mass is 10.0. The molecule has 0 saturated carbocycles. The Morgan fingerprint density at radius 3 is 1.81 bits per heavy atom. The molecular formula is C26H47N3O2S. The molecule has 0 aliphatic rings. The molecule has 0 aliphatic carbocycles. The molecule has 0 atom stereocenters. The van der Waals surface area contributed by atoms with E-state index < -0.39 is 0 Å². The third-order valence-electron chi connectivity index (χ3n) is 5.77. The fourth-order valence-electron chi connectivity index (χ4n) is 3.84. The number of anilines is 1. The summed E-state index contributed by atoms with van der Waals surface area (Å²) < 4.78 is 5.11. The molecule has 1 aromatic rings. The summed E-state index contributed by atoms with van der Waals surface area (Å²) in [5.74, 6) is 0.221. The van der Waals surface area contributed by atoms with Gasteiger partial charge in [0.15, 0.2) is 5.16 Å². The second-order valence-corrected chi connectivity index (χ2v) is 9.34. The molecule has 0 spiro atoms. The predicted molar refractivity (Wildman–Crippen MR) is 138 cm³/mol. The summed E-state index contributed by atoms with van der Waals surface area (Å²) in [6.07, 6.45) is 25.3. The van der Waals surface area contributed by atoms with Crippen molar-refractivity contribution in [2.75, 3.05) is 24.7 Å². The quantitative estimate of drug-likeness (QED) is 0.0857. The number of aromatic nitrogens is 2. The van der Waals surface area contributed by atoms with Gasteiger partial charge in [0.05, 0.1) is 6.61 Å². The molecule has 1 N–H and O–H groups in total. The summed E-state index contributed by atoms with van der Waals surface area (Å²) in [5, 5.41) is 3.97. The van der Waals surface area contributed by atoms with Crippen LogP contribution in [0.1, 0.15) is 127 Å². The Bertz CT molecular complexity index is 598. The lowest BCUT2D eigenvalue weighted by Gasteiger charge is -2.11. The van der Waals surface area contributed by atoms with Crippen LogP contribution in [0.3, 0.4) is 0 Å². The third-order valence-corrected chi connectivity index (χ3v) is 6.33. The molecule has 1 aromatic heterocycles. The minimum atomic E-state index is -0.366. The SMILES string of the molecule is CCCCCCCCCCCCCCCCCCNc1nc(SC)ncc1C(=O)OCC. The monoisotopic (exact) mass is 465 g/mol. The lowest BCUT2D eigenvalue weighted by Crippen LogP contribution is -2.13. The average Bonchev–Trinajstić information content (AvgIpc) is 2.81. The van der Waals surface area contributed by atoms with Gasteiger partial charge in [-0.2, -0.15) is 0 Å². The average molecular weight is 466 g/mol. The third kappa shape index (κ3) is 14.0. The summed E-state index contributed by atoms with van der Waals surface area (Å²) in [6.45, 7) is 5.25. The summed E-state index contributed by atoms with van der Waals surface area (Å²) in [7, 11) is 0. The van der Waals surface area contributed by atoms with Gasteiger partial charge in [0, 0.05) is 12.7 Å². The maximum atomic E-state index is 12.1. The largest absolute Gasteiger partial charge is 0.462 e. The van der Waals surface area contributed by atoms with Crippen LogP contribution in [-0.4, -0.2) is 35.3 Å². The van der Waals surface area contributed by atoms with Gasteiger partial charge in [-0.15, -0.1) is 0 Å². The van der Waals surface area contributed by atoms with Crippen molar-refractivity contribution in [2.24, 2.45) is 0 Å². The molecular weight excluding hydrogens is 418 g/mol. The number of hydrogen-bond donors (Lipinski definition) is 1. The molecule has 0 fully saturated rings. The van der Waals surface area contributed by atoms with Crippen LogP contribution in [0.2, 0.25) is 0 Å². The highest BCUT2D eigenvalue weighted by Gasteiger charge is 2.15. The Balaban J connectivity index is 2.01. The zero-order chi connectivity index (χ0) is 23.3. The maximum absolute atomic E-state index is 12.1. The van der Waals surface area contributed by atoms with Crippen LogP contribution in [0.25, 0.3) is 0 Å². The molecule has 1 heterocycles. The van der Waals surface area contributed by atoms with Crippen LogP contribution in [-0.2, 0) is 4.74 Å². The molecule has 32 heavy (non-hydrogen) atoms. The van der Waals surface area contributed by atoms with Crippen LogP contribution in [0.15, 0.2) is 11.4 Å². The first-order chi connectivity index (χ1) is 15.7. The fourth-order valence-corrected chi connectivity index (χ4v) is 4.18. The summed E-state index contributed by atoms with van der Waals surface area (Å²) in [6, 6.07) is 0. The van der Waals surface area contributed by atoms with Gasteiger partial charge < -0.3 is 10.1 Å². The molecule has 1 rings (SSSR count). The number of ether oxygens (including phenoxy) is 1. The van der Waals surface area contributed by atoms with E-state index in [-0.39, 0.29) is 5.97 Å². The number of esters is 1. The molecule has 6 heteroatoms. The number of thioether (sulfide) groups is 1. The summed E-state index contributed by atoms with van der Waals surface area (Å²) in [5.41, 5.74) is 0.418. The van der Waals surface area contributed by atoms with E-state index in [0.29, 0.717) is 23.1 Å². The molecule has 0 aromatic carbocycles. The van der Waals surface area contributed by atoms with Crippen LogP contribution in [0.4, 0.5) is 5.82 Å². The van der Waals surface area contributed by atoms with E-state index in [1.54, 1.807) is 13.1 Å². The van der Waals surface area contributed by atoms with Crippen LogP contribution in [0, 0.1) is 0 Å². The van der Waals surface area contributed by atoms with Gasteiger partial charge in [0.1, 0.15) is 11.4 Å². The minimum Gasteiger partial charge on any atom is -0.462 e. The van der Waals surface area contributed by atoms with Crippen LogP contribution in [0.5, 0.6) is 0 Å². The van der Waals surface area contributed by atoms with Crippen molar-refractivity contribution in [2.45, 2.75) is 122 Å². The van der Waals surface area contributed by atoms with Crippen molar-refractivity contribution in [3.63, 3.8) is 0 Å². The number of nitrogens with zero attached hydrogens (tertiary/aromatic N) is 2. The van der Waals surface area contributed by atoms with Gasteiger partial charge in [0.25, 0.3) is 0 Å². The van der Waals surface area contributed by atoms with Gasteiger partial charge in [-0.1, -0.05) is 115 Å². The second kappa shape index (κ2) is 20.3. The van der Waals surface area contributed by atoms with E-state index in [1.165, 1.54) is 108 Å². The Morgan fingerprint density at radius 1 is 0.844 bits per heavy atom. The number of rotatable bonds is 21. The van der Waals surface area contributed by atoms with Crippen molar-refractivity contribution in [3.8, 4) is 0 Å². The first kappa shape index (κ1) is 28.7. The zero-order valence-corrected chi connectivity index (χ0v) is 21.7. The summed E-state index contributed by atoms with van der Waals surface area (Å²) in [4.78, 5) is 20.7. The molecule has 0 saturated heterocycles. The number of nitrogens with one attached hydrogen (secondary N) is 1. The summed E-state index contributed by atoms with van der Waals surface area (Å²) >= 11 is 1.47. The Kier molecular flexibility index (Phi) is 18.2. The van der Waals surface area contributed by atoms with Crippen molar-refractivity contribution < 1.29 is 9.53 Å². The topological polar surface area (TPSA) is 64.1 Å². The van der Waals surface area contributed by atoms with Gasteiger partial charge >= 0.3 is 5.97 Å². The van der Waals surface area contributed by atoms with Crippen molar-refractivity contribution >= 4 is 23.5 Å². The first-order valence-electron chi connectivity index (χ1n) is 13.0. The Morgan fingerprint density at radius 2 is 1.34 bits per heavy atom. The number of carbonyl (C=O) groups is 1. The van der Waals surface area contributed by atoms with Crippen molar-refractivity contribution in [1.82, 2.24) is 9.97 Å². The lowest BCUT2D eigenvalue weighted by molar-refractivity contribution is 0.0526. The highest BCUT2D eigenvalue weighted by molar-refractivity contribution is 7.98. The molecule has 0 unspecified atom stereocenters. The van der Waals surface area contributed by atoms with Crippen molar-refractivity contribution in [3.05, 3.63) is 11.8 Å². The molecule has 0 radical (unpaired) electrons. The van der Waals surface area contributed by atoms with Crippen LogP contribution < -0.4 is 5.32 Å². The molecule has 5 nitrogen and oxygen atoms in total. The van der Waals surface area contributed by atoms with Gasteiger partial charge in [0.2, 0.25) is 0 Å². The van der Waals surface area contributed by atoms with Crippen molar-refractivity contribution in [1.29, 1.82) is 0 Å². The Labute approximate surface area is 201 Å². The number of hydrogen-bond acceptors (Lipinski definition) is 6. The first-order valence-corrected chi connectivity index (χ1v) is 14.3. The molecule has 184 valence electrons. The van der Waals surface area contributed by atoms with E-state index in [9.17, 15) is 4.79 Å². The zero-order valence-electron chi connectivity index (χ0n) is 20.9. The van der Waals surface area contributed by atoms with E-state index in [4.69, 9.17) is 4.74 Å². The van der Waals surface area contributed by atoms with Crippen LogP contribution >= 0.6 is 11.8 Å². The van der Waals surface area contributed by atoms with E-state index in [1.807, 2.05) is 6.26 Å². The highest BCUT2D eigenvalue weighted by Crippen LogP contribution is 2.18. The molecule has 0 bridgehead atoms. The second-order valence-electron chi connectivity index (χ2n) is 8.57. The van der Waals surface area contributed by atoms with Gasteiger partial charge in [-0.25, -0.2) is 14.8 Å².